The van der Waals surface area contributed by atoms with Gasteiger partial charge in [0.2, 0.25) is 0 Å². The third kappa shape index (κ3) is 1.70. The summed E-state index contributed by atoms with van der Waals surface area (Å²) in [5.41, 5.74) is 1.79. The van der Waals surface area contributed by atoms with Gasteiger partial charge in [-0.05, 0) is 13.0 Å². The van der Waals surface area contributed by atoms with Crippen molar-refractivity contribution in [3.63, 3.8) is 0 Å². The van der Waals surface area contributed by atoms with Crippen LogP contribution in [0.15, 0.2) is 17.2 Å². The minimum atomic E-state index is -0.117. The van der Waals surface area contributed by atoms with Crippen LogP contribution in [0.25, 0.3) is 0 Å². The molecule has 0 N–H and O–H groups in total. The Balaban J connectivity index is 2.33. The first kappa shape index (κ1) is 9.70. The zero-order chi connectivity index (χ0) is 11.0. The summed E-state index contributed by atoms with van der Waals surface area (Å²) < 4.78 is 4.62. The molecular weight excluding hydrogens is 194 g/mol. The molecule has 2 rings (SSSR count). The molecule has 6 nitrogen and oxygen atoms in total. The first-order valence-electron chi connectivity index (χ1n) is 4.66. The quantitative estimate of drug-likeness (QED) is 0.677. The van der Waals surface area contributed by atoms with Crippen LogP contribution in [0.5, 0.6) is 0 Å². The van der Waals surface area contributed by atoms with E-state index in [1.165, 1.54) is 15.6 Å². The summed E-state index contributed by atoms with van der Waals surface area (Å²) in [7, 11) is 3.54. The van der Waals surface area contributed by atoms with E-state index < -0.39 is 0 Å². The van der Waals surface area contributed by atoms with E-state index in [2.05, 4.69) is 10.2 Å². The Bertz CT molecular complexity index is 533. The standard InChI is InChI=1S/C9H13N5O/c1-7-4-8(13(3)11-7)5-14-9(15)12(2)6-10-14/h4,6H,5H2,1-3H3. The van der Waals surface area contributed by atoms with Crippen molar-refractivity contribution < 1.29 is 0 Å². The van der Waals surface area contributed by atoms with Gasteiger partial charge in [-0.3, -0.25) is 9.25 Å². The van der Waals surface area contributed by atoms with Gasteiger partial charge in [0.1, 0.15) is 6.33 Å². The van der Waals surface area contributed by atoms with E-state index in [0.717, 1.165) is 11.4 Å². The van der Waals surface area contributed by atoms with E-state index in [4.69, 9.17) is 0 Å². The molecule has 0 aliphatic heterocycles. The number of rotatable bonds is 2. The average Bonchev–Trinajstić information content (AvgIpc) is 2.64. The van der Waals surface area contributed by atoms with Crippen molar-refractivity contribution >= 4 is 0 Å². The summed E-state index contributed by atoms with van der Waals surface area (Å²) in [6, 6.07) is 1.95. The van der Waals surface area contributed by atoms with Crippen LogP contribution in [0.1, 0.15) is 11.4 Å². The lowest BCUT2D eigenvalue weighted by molar-refractivity contribution is 0.596. The maximum Gasteiger partial charge on any atom is 0.345 e. The number of nitrogens with zero attached hydrogens (tertiary/aromatic N) is 5. The molecule has 0 aromatic carbocycles. The molecule has 0 saturated heterocycles. The SMILES string of the molecule is Cc1cc(Cn2ncn(C)c2=O)n(C)n1. The molecule has 0 atom stereocenters. The largest absolute Gasteiger partial charge is 0.345 e. The van der Waals surface area contributed by atoms with Gasteiger partial charge in [-0.1, -0.05) is 0 Å². The molecule has 80 valence electrons. The van der Waals surface area contributed by atoms with E-state index >= 15 is 0 Å². The molecule has 0 amide bonds. The molecular formula is C9H13N5O. The first-order valence-corrected chi connectivity index (χ1v) is 4.66. The van der Waals surface area contributed by atoms with Crippen molar-refractivity contribution in [3.05, 3.63) is 34.3 Å². The monoisotopic (exact) mass is 207 g/mol. The van der Waals surface area contributed by atoms with Crippen LogP contribution >= 0.6 is 0 Å². The fraction of sp³-hybridized carbons (Fsp3) is 0.444. The Kier molecular flexibility index (Phi) is 2.18. The highest BCUT2D eigenvalue weighted by molar-refractivity contribution is 5.08. The lowest BCUT2D eigenvalue weighted by Crippen LogP contribution is -2.24. The number of aromatic nitrogens is 5. The molecule has 15 heavy (non-hydrogen) atoms. The number of hydrogen-bond donors (Lipinski definition) is 0. The summed E-state index contributed by atoms with van der Waals surface area (Å²) in [5, 5.41) is 8.20. The fourth-order valence-corrected chi connectivity index (χ4v) is 1.49. The molecule has 0 aliphatic carbocycles. The van der Waals surface area contributed by atoms with Gasteiger partial charge in [-0.2, -0.15) is 10.2 Å². The highest BCUT2D eigenvalue weighted by Crippen LogP contribution is 2.02. The Morgan fingerprint density at radius 1 is 1.40 bits per heavy atom. The van der Waals surface area contributed by atoms with Crippen LogP contribution < -0.4 is 5.69 Å². The van der Waals surface area contributed by atoms with Crippen molar-refractivity contribution in [2.45, 2.75) is 13.5 Å². The summed E-state index contributed by atoms with van der Waals surface area (Å²) in [6.07, 6.45) is 1.51. The van der Waals surface area contributed by atoms with Gasteiger partial charge < -0.3 is 0 Å². The van der Waals surface area contributed by atoms with E-state index in [9.17, 15) is 4.79 Å². The lowest BCUT2D eigenvalue weighted by Gasteiger charge is -1.99. The molecule has 6 heteroatoms. The molecule has 2 heterocycles. The predicted molar refractivity (Wildman–Crippen MR) is 54.5 cm³/mol. The molecule has 0 spiro atoms. The van der Waals surface area contributed by atoms with Gasteiger partial charge >= 0.3 is 5.69 Å². The average molecular weight is 207 g/mol. The van der Waals surface area contributed by atoms with Gasteiger partial charge in [-0.25, -0.2) is 9.48 Å². The summed E-state index contributed by atoms with van der Waals surface area (Å²) in [4.78, 5) is 11.5. The van der Waals surface area contributed by atoms with Gasteiger partial charge in [0.05, 0.1) is 17.9 Å². The zero-order valence-corrected chi connectivity index (χ0v) is 9.01. The molecule has 0 saturated carbocycles. The topological polar surface area (TPSA) is 57.6 Å². The molecule has 2 aromatic heterocycles. The smallest absolute Gasteiger partial charge is 0.285 e. The molecule has 0 unspecified atom stereocenters. The van der Waals surface area contributed by atoms with Crippen molar-refractivity contribution in [3.8, 4) is 0 Å². The highest BCUT2D eigenvalue weighted by Gasteiger charge is 2.06. The lowest BCUT2D eigenvalue weighted by atomic mass is 10.4. The van der Waals surface area contributed by atoms with Crippen molar-refractivity contribution in [2.24, 2.45) is 14.1 Å². The van der Waals surface area contributed by atoms with Gasteiger partial charge in [0.15, 0.2) is 0 Å². The Morgan fingerprint density at radius 2 is 2.13 bits per heavy atom. The highest BCUT2D eigenvalue weighted by atomic mass is 16.2. The molecule has 0 bridgehead atoms. The second kappa shape index (κ2) is 3.38. The van der Waals surface area contributed by atoms with Gasteiger partial charge in [0.25, 0.3) is 0 Å². The van der Waals surface area contributed by atoms with E-state index in [1.54, 1.807) is 11.7 Å². The summed E-state index contributed by atoms with van der Waals surface area (Å²) in [5.74, 6) is 0. The maximum atomic E-state index is 11.5. The van der Waals surface area contributed by atoms with Crippen LogP contribution in [0, 0.1) is 6.92 Å². The Labute approximate surface area is 86.8 Å². The third-order valence-corrected chi connectivity index (χ3v) is 2.30. The first-order chi connectivity index (χ1) is 7.08. The van der Waals surface area contributed by atoms with Crippen LogP contribution in [0.3, 0.4) is 0 Å². The van der Waals surface area contributed by atoms with Crippen LogP contribution in [0.4, 0.5) is 0 Å². The predicted octanol–water partition coefficient (Wildman–Crippen LogP) is -0.328. The number of aryl methyl sites for hydroxylation is 3. The molecule has 0 fully saturated rings. The fourth-order valence-electron chi connectivity index (χ4n) is 1.49. The molecule has 0 aliphatic rings. The van der Waals surface area contributed by atoms with Crippen LogP contribution in [0.2, 0.25) is 0 Å². The number of hydrogen-bond acceptors (Lipinski definition) is 3. The van der Waals surface area contributed by atoms with E-state index in [1.807, 2.05) is 20.0 Å². The van der Waals surface area contributed by atoms with Gasteiger partial charge in [0, 0.05) is 14.1 Å². The van der Waals surface area contributed by atoms with Crippen molar-refractivity contribution in [1.29, 1.82) is 0 Å². The van der Waals surface area contributed by atoms with Gasteiger partial charge in [-0.15, -0.1) is 0 Å². The molecule has 0 radical (unpaired) electrons. The van der Waals surface area contributed by atoms with Crippen LogP contribution in [-0.4, -0.2) is 24.1 Å². The normalized spacial score (nSPS) is 10.9. The van der Waals surface area contributed by atoms with E-state index in [-0.39, 0.29) is 5.69 Å². The minimum Gasteiger partial charge on any atom is -0.285 e. The van der Waals surface area contributed by atoms with Crippen molar-refractivity contribution in [1.82, 2.24) is 24.1 Å². The maximum absolute atomic E-state index is 11.5. The summed E-state index contributed by atoms with van der Waals surface area (Å²) >= 11 is 0. The second-order valence-electron chi connectivity index (χ2n) is 3.58. The van der Waals surface area contributed by atoms with Crippen molar-refractivity contribution in [2.75, 3.05) is 0 Å². The third-order valence-electron chi connectivity index (χ3n) is 2.30. The van der Waals surface area contributed by atoms with E-state index in [0.29, 0.717) is 6.54 Å². The molecule has 2 aromatic rings. The Morgan fingerprint density at radius 3 is 2.60 bits per heavy atom. The zero-order valence-electron chi connectivity index (χ0n) is 9.01. The second-order valence-corrected chi connectivity index (χ2v) is 3.58. The van der Waals surface area contributed by atoms with Crippen LogP contribution in [-0.2, 0) is 20.6 Å². The minimum absolute atomic E-state index is 0.117. The summed E-state index contributed by atoms with van der Waals surface area (Å²) in [6.45, 7) is 2.38. The Hall–Kier alpha value is -1.85.